The Balaban J connectivity index is 1.80. The van der Waals surface area contributed by atoms with E-state index < -0.39 is 24.5 Å². The summed E-state index contributed by atoms with van der Waals surface area (Å²) in [6, 6.07) is 7.13. The van der Waals surface area contributed by atoms with E-state index in [1.807, 2.05) is 12.2 Å². The predicted molar refractivity (Wildman–Crippen MR) is 93.5 cm³/mol. The molecular formula is C18H20N2O7. The topological polar surface area (TPSA) is 116 Å². The number of hydrogen-bond donors (Lipinski definition) is 2. The number of furan rings is 1. The average molecular weight is 376 g/mol. The van der Waals surface area contributed by atoms with Gasteiger partial charge in [-0.3, -0.25) is 10.1 Å². The number of rotatable bonds is 8. The summed E-state index contributed by atoms with van der Waals surface area (Å²) in [7, 11) is 1.45. The van der Waals surface area contributed by atoms with Crippen molar-refractivity contribution in [1.29, 1.82) is 0 Å². The maximum atomic E-state index is 12.0. The van der Waals surface area contributed by atoms with Crippen LogP contribution in [0, 0.1) is 0 Å². The Morgan fingerprint density at radius 3 is 2.63 bits per heavy atom. The van der Waals surface area contributed by atoms with Crippen molar-refractivity contribution in [3.8, 4) is 11.5 Å². The molecule has 9 heteroatoms. The Bertz CT molecular complexity index is 787. The number of esters is 1. The number of imide groups is 1. The first-order chi connectivity index (χ1) is 13.0. The van der Waals surface area contributed by atoms with Crippen molar-refractivity contribution in [2.75, 3.05) is 20.3 Å². The van der Waals surface area contributed by atoms with Crippen molar-refractivity contribution in [2.24, 2.45) is 0 Å². The molecule has 0 saturated heterocycles. The van der Waals surface area contributed by atoms with Crippen LogP contribution in [0.15, 0.2) is 41.0 Å². The summed E-state index contributed by atoms with van der Waals surface area (Å²) in [6.07, 6.45) is 1.47. The molecule has 9 nitrogen and oxygen atoms in total. The molecule has 0 saturated carbocycles. The van der Waals surface area contributed by atoms with Crippen molar-refractivity contribution in [3.05, 3.63) is 47.9 Å². The van der Waals surface area contributed by atoms with Crippen LogP contribution in [-0.2, 0) is 16.1 Å². The molecule has 0 atom stereocenters. The van der Waals surface area contributed by atoms with E-state index in [4.69, 9.17) is 18.6 Å². The second-order valence-electron chi connectivity index (χ2n) is 5.19. The minimum Gasteiger partial charge on any atom is -0.493 e. The van der Waals surface area contributed by atoms with Crippen LogP contribution in [0.4, 0.5) is 4.79 Å². The molecule has 0 unspecified atom stereocenters. The van der Waals surface area contributed by atoms with E-state index in [9.17, 15) is 14.4 Å². The molecule has 0 bridgehead atoms. The molecular weight excluding hydrogens is 356 g/mol. The van der Waals surface area contributed by atoms with Crippen molar-refractivity contribution < 1.29 is 33.0 Å². The van der Waals surface area contributed by atoms with E-state index in [-0.39, 0.29) is 12.1 Å². The molecule has 2 rings (SSSR count). The van der Waals surface area contributed by atoms with Gasteiger partial charge >= 0.3 is 12.0 Å². The van der Waals surface area contributed by atoms with Gasteiger partial charge in [0.25, 0.3) is 5.91 Å². The fourth-order valence-corrected chi connectivity index (χ4v) is 2.07. The number of benzene rings is 1. The Morgan fingerprint density at radius 2 is 1.96 bits per heavy atom. The predicted octanol–water partition coefficient (Wildman–Crippen LogP) is 1.87. The normalized spacial score (nSPS) is 10.0. The number of nitrogens with one attached hydrogen (secondary N) is 2. The molecule has 0 aliphatic heterocycles. The molecule has 144 valence electrons. The number of hydrogen-bond acceptors (Lipinski definition) is 7. The zero-order valence-electron chi connectivity index (χ0n) is 14.9. The van der Waals surface area contributed by atoms with Gasteiger partial charge in [-0.25, -0.2) is 9.59 Å². The number of amides is 3. The smallest absolute Gasteiger partial charge is 0.338 e. The summed E-state index contributed by atoms with van der Waals surface area (Å²) in [5, 5.41) is 4.48. The van der Waals surface area contributed by atoms with Gasteiger partial charge in [0.2, 0.25) is 0 Å². The molecule has 0 aliphatic carbocycles. The number of carbonyl (C=O) groups is 3. The summed E-state index contributed by atoms with van der Waals surface area (Å²) in [6.45, 7) is 1.79. The maximum Gasteiger partial charge on any atom is 0.338 e. The second kappa shape index (κ2) is 9.85. The second-order valence-corrected chi connectivity index (χ2v) is 5.19. The molecule has 0 radical (unpaired) electrons. The summed E-state index contributed by atoms with van der Waals surface area (Å²) in [4.78, 5) is 35.3. The van der Waals surface area contributed by atoms with Gasteiger partial charge in [0.15, 0.2) is 18.1 Å². The highest BCUT2D eigenvalue weighted by Gasteiger charge is 2.15. The number of ether oxygens (including phenoxy) is 3. The third kappa shape index (κ3) is 6.07. The maximum absolute atomic E-state index is 12.0. The van der Waals surface area contributed by atoms with E-state index in [0.29, 0.717) is 23.9 Å². The molecule has 1 aromatic carbocycles. The standard InChI is InChI=1S/C18H20N2O7/c1-3-25-14-7-6-12(9-15(14)24-2)17(22)27-11-16(21)20-18(23)19-10-13-5-4-8-26-13/h4-9H,3,10-11H2,1-2H3,(H2,19,20,21,23). The highest BCUT2D eigenvalue weighted by Crippen LogP contribution is 2.28. The van der Waals surface area contributed by atoms with E-state index in [0.717, 1.165) is 0 Å². The van der Waals surface area contributed by atoms with Crippen LogP contribution < -0.4 is 20.1 Å². The number of urea groups is 1. The molecule has 0 aliphatic rings. The van der Waals surface area contributed by atoms with Crippen molar-refractivity contribution in [2.45, 2.75) is 13.5 Å². The molecule has 2 aromatic rings. The lowest BCUT2D eigenvalue weighted by molar-refractivity contribution is -0.123. The quantitative estimate of drug-likeness (QED) is 0.676. The van der Waals surface area contributed by atoms with E-state index in [1.54, 1.807) is 18.2 Å². The van der Waals surface area contributed by atoms with Gasteiger partial charge in [-0.2, -0.15) is 0 Å². The highest BCUT2D eigenvalue weighted by molar-refractivity contribution is 5.97. The van der Waals surface area contributed by atoms with Gasteiger partial charge in [-0.1, -0.05) is 0 Å². The monoisotopic (exact) mass is 376 g/mol. The number of carbonyl (C=O) groups excluding carboxylic acids is 3. The van der Waals surface area contributed by atoms with Gasteiger partial charge in [0, 0.05) is 0 Å². The third-order valence-corrected chi connectivity index (χ3v) is 3.29. The molecule has 27 heavy (non-hydrogen) atoms. The molecule has 1 aromatic heterocycles. The Morgan fingerprint density at radius 1 is 1.15 bits per heavy atom. The Labute approximate surface area is 155 Å². The summed E-state index contributed by atoms with van der Waals surface area (Å²) >= 11 is 0. The van der Waals surface area contributed by atoms with Crippen LogP contribution in [0.5, 0.6) is 11.5 Å². The first kappa shape index (κ1) is 19.8. The molecule has 0 spiro atoms. The largest absolute Gasteiger partial charge is 0.493 e. The van der Waals surface area contributed by atoms with Crippen LogP contribution in [0.3, 0.4) is 0 Å². The minimum atomic E-state index is -0.766. The molecule has 3 amide bonds. The van der Waals surface area contributed by atoms with Gasteiger partial charge in [-0.05, 0) is 37.3 Å². The van der Waals surface area contributed by atoms with Crippen LogP contribution in [0.25, 0.3) is 0 Å². The first-order valence-corrected chi connectivity index (χ1v) is 8.11. The lowest BCUT2D eigenvalue weighted by atomic mass is 10.2. The summed E-state index contributed by atoms with van der Waals surface area (Å²) in [5.41, 5.74) is 0.186. The molecule has 1 heterocycles. The van der Waals surface area contributed by atoms with Crippen molar-refractivity contribution in [3.63, 3.8) is 0 Å². The molecule has 0 fully saturated rings. The third-order valence-electron chi connectivity index (χ3n) is 3.29. The fraction of sp³-hybridized carbons (Fsp3) is 0.278. The van der Waals surface area contributed by atoms with Crippen molar-refractivity contribution in [1.82, 2.24) is 10.6 Å². The van der Waals surface area contributed by atoms with E-state index in [2.05, 4.69) is 5.32 Å². The van der Waals surface area contributed by atoms with Crippen LogP contribution >= 0.6 is 0 Å². The zero-order valence-corrected chi connectivity index (χ0v) is 14.9. The molecule has 2 N–H and O–H groups in total. The SMILES string of the molecule is CCOc1ccc(C(=O)OCC(=O)NC(=O)NCc2ccco2)cc1OC. The summed E-state index contributed by atoms with van der Waals surface area (Å²) in [5.74, 6) is -0.107. The van der Waals surface area contributed by atoms with Crippen LogP contribution in [-0.4, -0.2) is 38.2 Å². The first-order valence-electron chi connectivity index (χ1n) is 8.11. The minimum absolute atomic E-state index is 0.123. The van der Waals surface area contributed by atoms with E-state index in [1.165, 1.54) is 25.5 Å². The van der Waals surface area contributed by atoms with Gasteiger partial charge in [0.05, 0.1) is 32.1 Å². The average Bonchev–Trinajstić information content (AvgIpc) is 3.18. The van der Waals surface area contributed by atoms with Gasteiger partial charge < -0.3 is 23.9 Å². The van der Waals surface area contributed by atoms with E-state index >= 15 is 0 Å². The van der Waals surface area contributed by atoms with Gasteiger partial charge in [-0.15, -0.1) is 0 Å². The summed E-state index contributed by atoms with van der Waals surface area (Å²) < 4.78 is 20.5. The highest BCUT2D eigenvalue weighted by atomic mass is 16.5. The Kier molecular flexibility index (Phi) is 7.24. The lowest BCUT2D eigenvalue weighted by Crippen LogP contribution is -2.41. The Hall–Kier alpha value is -3.49. The van der Waals surface area contributed by atoms with Crippen LogP contribution in [0.2, 0.25) is 0 Å². The fourth-order valence-electron chi connectivity index (χ4n) is 2.07. The zero-order chi connectivity index (χ0) is 19.6. The van der Waals surface area contributed by atoms with Crippen molar-refractivity contribution >= 4 is 17.9 Å². The van der Waals surface area contributed by atoms with Gasteiger partial charge in [0.1, 0.15) is 5.76 Å². The number of methoxy groups -OCH3 is 1. The van der Waals surface area contributed by atoms with Crippen LogP contribution in [0.1, 0.15) is 23.0 Å². The lowest BCUT2D eigenvalue weighted by Gasteiger charge is -2.11.